The molecule has 14 heavy (non-hydrogen) atoms. The highest BCUT2D eigenvalue weighted by Crippen LogP contribution is 2.06. The molecule has 0 aromatic carbocycles. The molecule has 0 aliphatic carbocycles. The molecular formula is C7H15NO6. The second kappa shape index (κ2) is 6.02. The number of hydrogen-bond acceptors (Lipinski definition) is 7. The van der Waals surface area contributed by atoms with Crippen LogP contribution in [0.2, 0.25) is 0 Å². The molecule has 0 aromatic rings. The van der Waals surface area contributed by atoms with Crippen molar-refractivity contribution in [2.45, 2.75) is 30.5 Å². The standard InChI is InChI=1S/C7H15NO6/c8-1-3(10)5(12)7(14)6(13)4(11)2-9/h2-7,10-14H,1,8H2/t3?,4-,5+,6+,7+/m0/s1. The van der Waals surface area contributed by atoms with Gasteiger partial charge in [-0.1, -0.05) is 0 Å². The fourth-order valence-electron chi connectivity index (χ4n) is 0.852. The molecule has 0 fully saturated rings. The highest BCUT2D eigenvalue weighted by atomic mass is 16.4. The van der Waals surface area contributed by atoms with Crippen LogP contribution in [0.25, 0.3) is 0 Å². The van der Waals surface area contributed by atoms with Gasteiger partial charge >= 0.3 is 0 Å². The van der Waals surface area contributed by atoms with Crippen LogP contribution in [0, 0.1) is 0 Å². The SMILES string of the molecule is NCC(O)[C@@H](O)[C@@H](O)[C@H](O)[C@@H](O)C=O. The topological polar surface area (TPSA) is 144 Å². The molecule has 7 heteroatoms. The molecule has 5 atom stereocenters. The summed E-state index contributed by atoms with van der Waals surface area (Å²) in [5.74, 6) is 0. The van der Waals surface area contributed by atoms with E-state index >= 15 is 0 Å². The number of hydrogen-bond donors (Lipinski definition) is 6. The van der Waals surface area contributed by atoms with Gasteiger partial charge in [0.15, 0.2) is 6.29 Å². The summed E-state index contributed by atoms with van der Waals surface area (Å²) in [4.78, 5) is 10.0. The second-order valence-electron chi connectivity index (χ2n) is 2.90. The Balaban J connectivity index is 4.29. The summed E-state index contributed by atoms with van der Waals surface area (Å²) in [6.07, 6.45) is -8.65. The molecule has 0 radical (unpaired) electrons. The summed E-state index contributed by atoms with van der Waals surface area (Å²) in [6.45, 7) is -0.317. The van der Waals surface area contributed by atoms with E-state index in [-0.39, 0.29) is 12.8 Å². The zero-order valence-electron chi connectivity index (χ0n) is 7.39. The van der Waals surface area contributed by atoms with Gasteiger partial charge in [0.2, 0.25) is 0 Å². The maximum atomic E-state index is 10.0. The molecule has 1 unspecified atom stereocenters. The number of rotatable bonds is 6. The Kier molecular flexibility index (Phi) is 5.77. The fourth-order valence-corrected chi connectivity index (χ4v) is 0.852. The lowest BCUT2D eigenvalue weighted by molar-refractivity contribution is -0.143. The fraction of sp³-hybridized carbons (Fsp3) is 0.857. The van der Waals surface area contributed by atoms with Crippen molar-refractivity contribution in [3.63, 3.8) is 0 Å². The second-order valence-corrected chi connectivity index (χ2v) is 2.90. The number of aliphatic hydroxyl groups excluding tert-OH is 5. The molecule has 7 N–H and O–H groups in total. The van der Waals surface area contributed by atoms with Gasteiger partial charge in [-0.2, -0.15) is 0 Å². The average Bonchev–Trinajstić information content (AvgIpc) is 2.23. The number of aliphatic hydroxyl groups is 5. The van der Waals surface area contributed by atoms with E-state index < -0.39 is 30.5 Å². The number of aldehydes is 1. The quantitative estimate of drug-likeness (QED) is 0.244. The Morgan fingerprint density at radius 2 is 1.50 bits per heavy atom. The molecule has 84 valence electrons. The number of carbonyl (C=O) groups excluding carboxylic acids is 1. The molecule has 0 saturated carbocycles. The molecule has 0 saturated heterocycles. The van der Waals surface area contributed by atoms with Gasteiger partial charge in [0.05, 0.1) is 6.10 Å². The maximum Gasteiger partial charge on any atom is 0.151 e. The van der Waals surface area contributed by atoms with Crippen molar-refractivity contribution in [3.05, 3.63) is 0 Å². The van der Waals surface area contributed by atoms with E-state index in [9.17, 15) is 4.79 Å². The maximum absolute atomic E-state index is 10.0. The molecule has 7 nitrogen and oxygen atoms in total. The van der Waals surface area contributed by atoms with Crippen LogP contribution in [-0.4, -0.2) is 68.9 Å². The Labute approximate surface area is 80.4 Å². The van der Waals surface area contributed by atoms with Gasteiger partial charge in [-0.25, -0.2) is 0 Å². The largest absolute Gasteiger partial charge is 0.389 e. The van der Waals surface area contributed by atoms with Gasteiger partial charge in [-0.15, -0.1) is 0 Å². The monoisotopic (exact) mass is 209 g/mol. The lowest BCUT2D eigenvalue weighted by atomic mass is 10.00. The zero-order chi connectivity index (χ0) is 11.3. The molecule has 0 aliphatic rings. The Morgan fingerprint density at radius 1 is 1.00 bits per heavy atom. The van der Waals surface area contributed by atoms with Crippen LogP contribution in [0.15, 0.2) is 0 Å². The zero-order valence-corrected chi connectivity index (χ0v) is 7.39. The van der Waals surface area contributed by atoms with Crippen LogP contribution in [-0.2, 0) is 4.79 Å². The molecule has 0 heterocycles. The third-order valence-corrected chi connectivity index (χ3v) is 1.82. The van der Waals surface area contributed by atoms with E-state index in [1.165, 1.54) is 0 Å². The van der Waals surface area contributed by atoms with Gasteiger partial charge in [0.25, 0.3) is 0 Å². The third-order valence-electron chi connectivity index (χ3n) is 1.82. The predicted molar refractivity (Wildman–Crippen MR) is 45.2 cm³/mol. The lowest BCUT2D eigenvalue weighted by Gasteiger charge is -2.26. The van der Waals surface area contributed by atoms with Crippen LogP contribution in [0.4, 0.5) is 0 Å². The molecular weight excluding hydrogens is 194 g/mol. The summed E-state index contributed by atoms with van der Waals surface area (Å²) in [5, 5.41) is 45.1. The van der Waals surface area contributed by atoms with E-state index in [4.69, 9.17) is 31.3 Å². The normalized spacial score (nSPS) is 22.1. The van der Waals surface area contributed by atoms with Crippen molar-refractivity contribution >= 4 is 6.29 Å². The average molecular weight is 209 g/mol. The van der Waals surface area contributed by atoms with Crippen molar-refractivity contribution in [1.29, 1.82) is 0 Å². The van der Waals surface area contributed by atoms with Crippen LogP contribution < -0.4 is 5.73 Å². The Hall–Kier alpha value is -0.570. The van der Waals surface area contributed by atoms with E-state index in [0.29, 0.717) is 0 Å². The lowest BCUT2D eigenvalue weighted by Crippen LogP contribution is -2.51. The van der Waals surface area contributed by atoms with Crippen molar-refractivity contribution in [3.8, 4) is 0 Å². The minimum atomic E-state index is -1.86. The summed E-state index contributed by atoms with van der Waals surface area (Å²) in [5.41, 5.74) is 4.98. The van der Waals surface area contributed by atoms with E-state index in [2.05, 4.69) is 0 Å². The minimum absolute atomic E-state index is 0.00936. The first-order valence-corrected chi connectivity index (χ1v) is 4.01. The molecule has 0 rings (SSSR count). The smallest absolute Gasteiger partial charge is 0.151 e. The van der Waals surface area contributed by atoms with Crippen LogP contribution in [0.3, 0.4) is 0 Å². The molecule has 0 bridgehead atoms. The summed E-state index contributed by atoms with van der Waals surface area (Å²) in [6, 6.07) is 0. The minimum Gasteiger partial charge on any atom is -0.389 e. The first-order chi connectivity index (χ1) is 6.45. The Morgan fingerprint density at radius 3 is 1.86 bits per heavy atom. The van der Waals surface area contributed by atoms with Crippen molar-refractivity contribution < 1.29 is 30.3 Å². The summed E-state index contributed by atoms with van der Waals surface area (Å²) < 4.78 is 0. The summed E-state index contributed by atoms with van der Waals surface area (Å²) in [7, 11) is 0. The highest BCUT2D eigenvalue weighted by molar-refractivity contribution is 5.56. The number of carbonyl (C=O) groups is 1. The van der Waals surface area contributed by atoms with Crippen LogP contribution in [0.5, 0.6) is 0 Å². The van der Waals surface area contributed by atoms with Crippen molar-refractivity contribution in [1.82, 2.24) is 0 Å². The number of nitrogens with two attached hydrogens (primary N) is 1. The highest BCUT2D eigenvalue weighted by Gasteiger charge is 2.33. The molecule has 0 spiro atoms. The van der Waals surface area contributed by atoms with Crippen molar-refractivity contribution in [2.75, 3.05) is 6.54 Å². The molecule has 0 amide bonds. The van der Waals surface area contributed by atoms with Crippen LogP contribution >= 0.6 is 0 Å². The molecule has 0 aromatic heterocycles. The Bertz CT molecular complexity index is 178. The van der Waals surface area contributed by atoms with E-state index in [1.807, 2.05) is 0 Å². The van der Waals surface area contributed by atoms with Gasteiger partial charge in [-0.3, -0.25) is 0 Å². The van der Waals surface area contributed by atoms with E-state index in [1.54, 1.807) is 0 Å². The van der Waals surface area contributed by atoms with E-state index in [0.717, 1.165) is 0 Å². The van der Waals surface area contributed by atoms with Crippen molar-refractivity contribution in [2.24, 2.45) is 5.73 Å². The van der Waals surface area contributed by atoms with Crippen LogP contribution in [0.1, 0.15) is 0 Å². The summed E-state index contributed by atoms with van der Waals surface area (Å²) >= 11 is 0. The van der Waals surface area contributed by atoms with Gasteiger partial charge < -0.3 is 36.1 Å². The molecule has 0 aliphatic heterocycles. The van der Waals surface area contributed by atoms with Gasteiger partial charge in [-0.05, 0) is 0 Å². The third kappa shape index (κ3) is 3.29. The van der Waals surface area contributed by atoms with Gasteiger partial charge in [0, 0.05) is 6.54 Å². The first-order valence-electron chi connectivity index (χ1n) is 4.01. The van der Waals surface area contributed by atoms with Gasteiger partial charge in [0.1, 0.15) is 24.4 Å². The first kappa shape index (κ1) is 13.4. The predicted octanol–water partition coefficient (Wildman–Crippen LogP) is -4.05.